The molecule has 5 rings (SSSR count). The first-order valence-electron chi connectivity index (χ1n) is 23.3. The van der Waals surface area contributed by atoms with Gasteiger partial charge in [-0.3, -0.25) is 14.1 Å². The van der Waals surface area contributed by atoms with Crippen LogP contribution in [0.25, 0.3) is 0 Å². The van der Waals surface area contributed by atoms with Crippen LogP contribution < -0.4 is 25.6 Å². The Labute approximate surface area is 436 Å². The lowest BCUT2D eigenvalue weighted by molar-refractivity contribution is -0.567. The average Bonchev–Trinajstić information content (AvgIpc) is 3.50. The van der Waals surface area contributed by atoms with Crippen LogP contribution in [0.3, 0.4) is 0 Å². The predicted octanol–water partition coefficient (Wildman–Crippen LogP) is 4.81. The van der Waals surface area contributed by atoms with Crippen LogP contribution in [0.4, 0.5) is 11.4 Å². The molecule has 0 aromatic heterocycles. The van der Waals surface area contributed by atoms with Gasteiger partial charge in [-0.2, -0.15) is 8.42 Å². The van der Waals surface area contributed by atoms with Crippen LogP contribution in [0.2, 0.25) is 0 Å². The molecule has 0 fully saturated rings. The second-order valence-corrected chi connectivity index (χ2v) is 25.5. The number of nitrogens with one attached hydrogen (secondary N) is 2. The molecule has 0 unspecified atom stereocenters. The van der Waals surface area contributed by atoms with Gasteiger partial charge in [0.1, 0.15) is 47.6 Å². The molecule has 19 nitrogen and oxygen atoms in total. The Balaban J connectivity index is 1.54. The maximum atomic E-state index is 12.6. The molecular weight excluding hydrogens is 1090 g/mol. The summed E-state index contributed by atoms with van der Waals surface area (Å²) < 4.78 is 148. The first-order chi connectivity index (χ1) is 33.9. The number of fused-ring (bicyclic) bond motifs is 1. The Hall–Kier alpha value is -4.76. The lowest BCUT2D eigenvalue weighted by Gasteiger charge is -2.29. The molecule has 0 radical (unpaired) electrons. The third-order valence-electron chi connectivity index (χ3n) is 12.5. The summed E-state index contributed by atoms with van der Waals surface area (Å²) in [5.74, 6) is -0.675. The number of anilines is 1. The van der Waals surface area contributed by atoms with Gasteiger partial charge in [0, 0.05) is 54.5 Å². The highest BCUT2D eigenvalue weighted by Gasteiger charge is 2.41. The summed E-state index contributed by atoms with van der Waals surface area (Å²) in [5, 5.41) is 7.29. The van der Waals surface area contributed by atoms with Gasteiger partial charge >= 0.3 is 0 Å². The number of carbonyl (C=O) groups excluding carboxylic acids is 2. The maximum Gasteiger partial charge on any atom is 0.266 e. The van der Waals surface area contributed by atoms with Crippen molar-refractivity contribution in [1.82, 2.24) is 10.6 Å². The van der Waals surface area contributed by atoms with Gasteiger partial charge in [0.25, 0.3) is 10.1 Å². The lowest BCUT2D eigenvalue weighted by atomic mass is 9.77. The second-order valence-electron chi connectivity index (χ2n) is 19.1. The first-order valence-corrected chi connectivity index (χ1v) is 30.4. The number of allylic oxidation sites excluding steroid dienone is 7. The number of nitrogens with two attached hydrogens (primary N) is 1. The summed E-state index contributed by atoms with van der Waals surface area (Å²) in [6.45, 7) is 9.65. The molecule has 2 aliphatic rings. The second kappa shape index (κ2) is 24.3. The van der Waals surface area contributed by atoms with Gasteiger partial charge in [-0.25, -0.2) is 25.3 Å². The van der Waals surface area contributed by atoms with Crippen LogP contribution in [0.15, 0.2) is 117 Å². The van der Waals surface area contributed by atoms with Crippen molar-refractivity contribution in [2.45, 2.75) is 100 Å². The van der Waals surface area contributed by atoms with E-state index in [1.165, 1.54) is 29.6 Å². The highest BCUT2D eigenvalue weighted by molar-refractivity contribution is 9.09. The average molecular weight is 1150 g/mol. The van der Waals surface area contributed by atoms with E-state index in [-0.39, 0.29) is 36.7 Å². The van der Waals surface area contributed by atoms with Crippen molar-refractivity contribution in [2.75, 3.05) is 47.9 Å². The number of alkyl halides is 1. The van der Waals surface area contributed by atoms with Crippen LogP contribution in [0.5, 0.6) is 5.75 Å². The van der Waals surface area contributed by atoms with Crippen molar-refractivity contribution in [1.29, 1.82) is 0 Å². The van der Waals surface area contributed by atoms with Crippen LogP contribution in [-0.4, -0.2) is 107 Å². The molecule has 3 aromatic carbocycles. The zero-order valence-corrected chi connectivity index (χ0v) is 46.0. The van der Waals surface area contributed by atoms with Gasteiger partial charge in [-0.1, -0.05) is 73.5 Å². The van der Waals surface area contributed by atoms with E-state index in [0.717, 1.165) is 34.4 Å². The third-order valence-corrected chi connectivity index (χ3v) is 16.1. The minimum absolute atomic E-state index is 0.141. The van der Waals surface area contributed by atoms with E-state index in [9.17, 15) is 61.5 Å². The number of nitrogens with zero attached hydrogens (tertiary/aromatic N) is 1. The van der Waals surface area contributed by atoms with Crippen molar-refractivity contribution in [3.05, 3.63) is 124 Å². The molecule has 0 atom stereocenters. The van der Waals surface area contributed by atoms with E-state index < -0.39 is 72.6 Å². The SMILES string of the molecule is C/C(=C\C1=C(Oc2ccc(CCC(=O)NCCCNC(=O)CBr)cc2)C(=C/C=C2/N(CCS(=O)(=O)O)c3ccc(S(=O)(=O)[O-])cc3C2(C)C)/CCC1)CC(C)(C)c1cc(S(=O)(=O)[O-])ccc1[NH2+]CCS(=O)(=O)[O-]. The highest BCUT2D eigenvalue weighted by Crippen LogP contribution is 2.49. The molecule has 3 aromatic rings. The number of quaternary nitrogens is 1. The number of ether oxygens (including phenoxy) is 1. The van der Waals surface area contributed by atoms with Crippen molar-refractivity contribution >= 4 is 79.6 Å². The van der Waals surface area contributed by atoms with E-state index in [4.69, 9.17) is 4.74 Å². The summed E-state index contributed by atoms with van der Waals surface area (Å²) in [4.78, 5) is 24.7. The van der Waals surface area contributed by atoms with Gasteiger partial charge in [-0.15, -0.1) is 0 Å². The number of carbonyl (C=O) groups is 2. The summed E-state index contributed by atoms with van der Waals surface area (Å²) in [7, 11) is -18.7. The number of halogens is 1. The summed E-state index contributed by atoms with van der Waals surface area (Å²) in [6, 6.07) is 14.9. The topological polar surface area (TPSA) is 313 Å². The van der Waals surface area contributed by atoms with Gasteiger partial charge in [0.15, 0.2) is 0 Å². The maximum absolute atomic E-state index is 12.6. The number of rotatable bonds is 24. The summed E-state index contributed by atoms with van der Waals surface area (Å²) >= 11 is 3.09. The fourth-order valence-corrected chi connectivity index (χ4v) is 11.0. The summed E-state index contributed by atoms with van der Waals surface area (Å²) in [6.07, 6.45) is 8.83. The van der Waals surface area contributed by atoms with E-state index in [0.29, 0.717) is 91.3 Å². The van der Waals surface area contributed by atoms with Crippen molar-refractivity contribution in [3.63, 3.8) is 0 Å². The predicted molar refractivity (Wildman–Crippen MR) is 275 cm³/mol. The lowest BCUT2D eigenvalue weighted by Crippen LogP contribution is -2.80. The Morgan fingerprint density at radius 1 is 0.863 bits per heavy atom. The fraction of sp³-hybridized carbons (Fsp3) is 0.429. The standard InChI is InChI=1S/C49H63BrN4O15S4/c1-33(31-48(2,3)40-29-38(72(63,64)65)16-18-42(40)51-24-26-70(57,58)59)28-36-9-6-8-35(47(36)69-37-14-10-34(11-15-37)12-21-45(55)52-22-7-23-53-46(56)32-50)13-20-44-49(4,5)41-30-39(73(66,67)68)17-19-43(41)54(44)25-27-71(60,61)62/h10-11,13-20,28-30,51H,6-9,12,21-27,31-32H2,1-5H3,(H,52,55)(H,53,56)(H,57,58,59)(H,60,61,62)(H,63,64,65)(H,66,67,68)/p-2/b33-28+,35-13+,44-20+. The molecule has 24 heteroatoms. The number of hydrogen-bond donors (Lipinski definition) is 4. The number of aryl methyl sites for hydroxylation is 1. The zero-order valence-electron chi connectivity index (χ0n) is 41.1. The smallest absolute Gasteiger partial charge is 0.266 e. The number of benzene rings is 3. The Kier molecular flexibility index (Phi) is 19.7. The highest BCUT2D eigenvalue weighted by atomic mass is 79.9. The molecule has 2 amide bonds. The van der Waals surface area contributed by atoms with E-state index in [1.54, 1.807) is 37.0 Å². The van der Waals surface area contributed by atoms with Crippen LogP contribution >= 0.6 is 15.9 Å². The molecule has 400 valence electrons. The van der Waals surface area contributed by atoms with Gasteiger partial charge in [0.05, 0.1) is 33.2 Å². The van der Waals surface area contributed by atoms with E-state index in [2.05, 4.69) is 26.6 Å². The minimum atomic E-state index is -4.88. The molecular formula is C49H61BrN4O15S4-2. The van der Waals surface area contributed by atoms with Crippen molar-refractivity contribution < 1.29 is 71.5 Å². The van der Waals surface area contributed by atoms with Crippen molar-refractivity contribution in [2.24, 2.45) is 0 Å². The summed E-state index contributed by atoms with van der Waals surface area (Å²) in [5.41, 5.74) is 3.69. The zero-order chi connectivity index (χ0) is 54.2. The fourth-order valence-electron chi connectivity index (χ4n) is 9.00. The largest absolute Gasteiger partial charge is 0.748 e. The quantitative estimate of drug-likeness (QED) is 0.0405. The van der Waals surface area contributed by atoms with Gasteiger partial charge in [0.2, 0.25) is 11.8 Å². The number of amides is 2. The van der Waals surface area contributed by atoms with E-state index >= 15 is 0 Å². The molecule has 0 spiro atoms. The normalized spacial score (nSPS) is 16.7. The van der Waals surface area contributed by atoms with Crippen LogP contribution in [-0.2, 0) is 67.3 Å². The van der Waals surface area contributed by atoms with Crippen LogP contribution in [0, 0.1) is 0 Å². The minimum Gasteiger partial charge on any atom is -0.748 e. The first kappa shape index (κ1) is 59.1. The molecule has 73 heavy (non-hydrogen) atoms. The third kappa shape index (κ3) is 17.1. The Morgan fingerprint density at radius 2 is 1.49 bits per heavy atom. The monoisotopic (exact) mass is 1150 g/mol. The van der Waals surface area contributed by atoms with Crippen LogP contribution in [0.1, 0.15) is 89.8 Å². The van der Waals surface area contributed by atoms with Crippen molar-refractivity contribution in [3.8, 4) is 5.75 Å². The molecule has 1 heterocycles. The molecule has 1 aliphatic carbocycles. The molecule has 0 saturated heterocycles. The van der Waals surface area contributed by atoms with Gasteiger partial charge < -0.3 is 39.2 Å². The molecule has 0 saturated carbocycles. The molecule has 1 aliphatic heterocycles. The Morgan fingerprint density at radius 3 is 2.11 bits per heavy atom. The Bertz CT molecular complexity index is 3150. The molecule has 5 N–H and O–H groups in total. The van der Waals surface area contributed by atoms with Gasteiger partial charge in [-0.05, 0) is 122 Å². The molecule has 0 bridgehead atoms. The van der Waals surface area contributed by atoms with E-state index in [1.807, 2.05) is 45.1 Å². The number of hydrogen-bond acceptors (Lipinski definition) is 15.